The lowest BCUT2D eigenvalue weighted by molar-refractivity contribution is -0.0934. The Labute approximate surface area is 166 Å². The molecule has 0 heterocycles. The zero-order valence-electron chi connectivity index (χ0n) is 16.9. The van der Waals surface area contributed by atoms with Gasteiger partial charge >= 0.3 is 0 Å². The molecule has 1 aromatic carbocycles. The van der Waals surface area contributed by atoms with Crippen molar-refractivity contribution in [3.63, 3.8) is 0 Å². The lowest BCUT2D eigenvalue weighted by Crippen LogP contribution is -2.55. The van der Waals surface area contributed by atoms with E-state index in [1.807, 2.05) is 26.1 Å². The van der Waals surface area contributed by atoms with Crippen molar-refractivity contribution in [2.75, 3.05) is 21.2 Å². The van der Waals surface area contributed by atoms with Crippen LogP contribution in [-0.4, -0.2) is 38.2 Å². The van der Waals surface area contributed by atoms with Gasteiger partial charge < -0.3 is 15.4 Å². The van der Waals surface area contributed by atoms with Crippen molar-refractivity contribution < 1.29 is 4.74 Å². The Hall–Kier alpha value is -1.07. The van der Waals surface area contributed by atoms with Crippen molar-refractivity contribution in [1.82, 2.24) is 4.90 Å². The fraction of sp³-hybridized carbons (Fsp3) is 0.667. The van der Waals surface area contributed by atoms with Gasteiger partial charge in [-0.25, -0.2) is 4.99 Å². The number of rotatable bonds is 2. The fourth-order valence-corrected chi connectivity index (χ4v) is 5.81. The van der Waals surface area contributed by atoms with E-state index in [2.05, 4.69) is 54.9 Å². The fourth-order valence-electron chi connectivity index (χ4n) is 5.45. The van der Waals surface area contributed by atoms with Crippen molar-refractivity contribution in [3.05, 3.63) is 33.8 Å². The molecule has 0 aliphatic heterocycles. The maximum absolute atomic E-state index is 6.35. The molecule has 2 aliphatic carbocycles. The predicted molar refractivity (Wildman–Crippen MR) is 111 cm³/mol. The summed E-state index contributed by atoms with van der Waals surface area (Å²) in [5.41, 5.74) is 8.81. The molecular weight excluding hydrogens is 390 g/mol. The lowest BCUT2D eigenvalue weighted by atomic mass is 9.50. The molecule has 2 N–H and O–H groups in total. The minimum atomic E-state index is -0.358. The normalized spacial score (nSPS) is 33.3. The number of hydrogen-bond acceptors (Lipinski definition) is 2. The first-order chi connectivity index (χ1) is 12.1. The molecule has 0 radical (unpaired) electrons. The van der Waals surface area contributed by atoms with Crippen LogP contribution in [0.4, 0.5) is 0 Å². The van der Waals surface area contributed by atoms with Crippen LogP contribution in [0.25, 0.3) is 0 Å². The second-order valence-electron chi connectivity index (χ2n) is 8.98. The van der Waals surface area contributed by atoms with Crippen LogP contribution in [0.5, 0.6) is 0 Å². The lowest BCUT2D eigenvalue weighted by Gasteiger charge is -2.56. The SMILES string of the molecule is COC1CCC2(Cc3ccc(Br)cc3C2(C)N=C(N)N(C)C)C(C)(C)C1. The predicted octanol–water partition coefficient (Wildman–Crippen LogP) is 4.31. The van der Waals surface area contributed by atoms with Crippen LogP contribution in [0.1, 0.15) is 51.2 Å². The average molecular weight is 422 g/mol. The maximum atomic E-state index is 6.35. The third-order valence-corrected chi connectivity index (χ3v) is 7.57. The quantitative estimate of drug-likeness (QED) is 0.571. The van der Waals surface area contributed by atoms with E-state index in [4.69, 9.17) is 15.5 Å². The Morgan fingerprint density at radius 2 is 2.00 bits per heavy atom. The van der Waals surface area contributed by atoms with Crippen LogP contribution in [0.15, 0.2) is 27.7 Å². The molecule has 1 saturated carbocycles. The van der Waals surface area contributed by atoms with E-state index in [0.29, 0.717) is 12.1 Å². The smallest absolute Gasteiger partial charge is 0.191 e. The van der Waals surface area contributed by atoms with Crippen LogP contribution >= 0.6 is 15.9 Å². The molecule has 3 atom stereocenters. The van der Waals surface area contributed by atoms with E-state index in [1.165, 1.54) is 11.1 Å². The highest BCUT2D eigenvalue weighted by Gasteiger charge is 2.63. The largest absolute Gasteiger partial charge is 0.381 e. The Kier molecular flexibility index (Phi) is 4.94. The molecule has 3 unspecified atom stereocenters. The van der Waals surface area contributed by atoms with Crippen LogP contribution < -0.4 is 5.73 Å². The van der Waals surface area contributed by atoms with Crippen molar-refractivity contribution >= 4 is 21.9 Å². The topological polar surface area (TPSA) is 50.9 Å². The number of guanidine groups is 1. The van der Waals surface area contributed by atoms with Gasteiger partial charge in [0.1, 0.15) is 0 Å². The second kappa shape index (κ2) is 6.52. The van der Waals surface area contributed by atoms with E-state index in [-0.39, 0.29) is 16.4 Å². The molecule has 0 saturated heterocycles. The van der Waals surface area contributed by atoms with Crippen molar-refractivity contribution in [2.45, 2.75) is 58.1 Å². The van der Waals surface area contributed by atoms with Gasteiger partial charge in [0.15, 0.2) is 5.96 Å². The first-order valence-corrected chi connectivity index (χ1v) is 10.2. The molecule has 26 heavy (non-hydrogen) atoms. The van der Waals surface area contributed by atoms with Gasteiger partial charge in [0, 0.05) is 31.1 Å². The number of ether oxygens (including phenoxy) is 1. The standard InChI is InChI=1S/C21H32BrN3O/c1-19(2)13-16(26-6)9-10-21(19)12-14-7-8-15(22)11-17(14)20(21,3)24-18(23)25(4)5/h7-8,11,16H,9-10,12-13H2,1-6H3,(H2,23,24). The van der Waals surface area contributed by atoms with E-state index in [9.17, 15) is 0 Å². The van der Waals surface area contributed by atoms with Gasteiger partial charge in [-0.2, -0.15) is 0 Å². The summed E-state index contributed by atoms with van der Waals surface area (Å²) in [7, 11) is 5.75. The highest BCUT2D eigenvalue weighted by molar-refractivity contribution is 9.10. The van der Waals surface area contributed by atoms with E-state index in [1.54, 1.807) is 0 Å². The minimum Gasteiger partial charge on any atom is -0.381 e. The zero-order valence-corrected chi connectivity index (χ0v) is 18.5. The summed E-state index contributed by atoms with van der Waals surface area (Å²) in [6.45, 7) is 7.06. The first-order valence-electron chi connectivity index (χ1n) is 9.41. The Balaban J connectivity index is 2.21. The Morgan fingerprint density at radius 1 is 1.31 bits per heavy atom. The van der Waals surface area contributed by atoms with Gasteiger partial charge in [-0.15, -0.1) is 0 Å². The molecule has 0 amide bonds. The van der Waals surface area contributed by atoms with Crippen LogP contribution in [0, 0.1) is 10.8 Å². The van der Waals surface area contributed by atoms with Gasteiger partial charge in [-0.3, -0.25) is 0 Å². The first kappa shape index (κ1) is 19.7. The second-order valence-corrected chi connectivity index (χ2v) is 9.90. The number of nitrogens with two attached hydrogens (primary N) is 1. The molecular formula is C21H32BrN3O. The number of aliphatic imine (C=N–C) groups is 1. The molecule has 144 valence electrons. The molecule has 0 aromatic heterocycles. The molecule has 1 fully saturated rings. The number of halogens is 1. The molecule has 3 rings (SSSR count). The van der Waals surface area contributed by atoms with E-state index < -0.39 is 0 Å². The van der Waals surface area contributed by atoms with Crippen molar-refractivity contribution in [1.29, 1.82) is 0 Å². The van der Waals surface area contributed by atoms with Crippen molar-refractivity contribution in [2.24, 2.45) is 21.6 Å². The summed E-state index contributed by atoms with van der Waals surface area (Å²) >= 11 is 3.66. The van der Waals surface area contributed by atoms with E-state index >= 15 is 0 Å². The van der Waals surface area contributed by atoms with Gasteiger partial charge in [0.05, 0.1) is 11.6 Å². The molecule has 2 aliphatic rings. The summed E-state index contributed by atoms with van der Waals surface area (Å²) in [4.78, 5) is 7.08. The van der Waals surface area contributed by atoms with Crippen molar-refractivity contribution in [3.8, 4) is 0 Å². The van der Waals surface area contributed by atoms with Gasteiger partial charge in [0.25, 0.3) is 0 Å². The van der Waals surface area contributed by atoms with Gasteiger partial charge in [0.2, 0.25) is 0 Å². The van der Waals surface area contributed by atoms with Gasteiger partial charge in [-0.05, 0) is 61.3 Å². The number of nitrogens with zero attached hydrogens (tertiary/aromatic N) is 2. The molecule has 0 bridgehead atoms. The number of methoxy groups -OCH3 is 1. The highest BCUT2D eigenvalue weighted by Crippen LogP contribution is 2.66. The Morgan fingerprint density at radius 3 is 2.58 bits per heavy atom. The third kappa shape index (κ3) is 2.78. The van der Waals surface area contributed by atoms with Crippen LogP contribution in [0.2, 0.25) is 0 Å². The molecule has 5 heteroatoms. The summed E-state index contributed by atoms with van der Waals surface area (Å²) in [6.07, 6.45) is 4.57. The highest BCUT2D eigenvalue weighted by atomic mass is 79.9. The molecule has 1 aromatic rings. The zero-order chi connectivity index (χ0) is 19.3. The minimum absolute atomic E-state index is 0.0266. The molecule has 4 nitrogen and oxygen atoms in total. The number of benzene rings is 1. The number of hydrogen-bond donors (Lipinski definition) is 1. The average Bonchev–Trinajstić information content (AvgIpc) is 2.80. The number of fused-ring (bicyclic) bond motifs is 1. The maximum Gasteiger partial charge on any atom is 0.191 e. The summed E-state index contributed by atoms with van der Waals surface area (Å²) < 4.78 is 6.84. The Bertz CT molecular complexity index is 730. The van der Waals surface area contributed by atoms with Crippen LogP contribution in [0.3, 0.4) is 0 Å². The van der Waals surface area contributed by atoms with E-state index in [0.717, 1.165) is 30.2 Å². The summed E-state index contributed by atoms with van der Waals surface area (Å²) in [5, 5.41) is 0. The monoisotopic (exact) mass is 421 g/mol. The van der Waals surface area contributed by atoms with Crippen LogP contribution in [-0.2, 0) is 16.7 Å². The third-order valence-electron chi connectivity index (χ3n) is 7.08. The summed E-state index contributed by atoms with van der Waals surface area (Å²) in [5.74, 6) is 0.587. The molecule has 1 spiro atoms. The van der Waals surface area contributed by atoms with Gasteiger partial charge in [-0.1, -0.05) is 35.8 Å². The summed E-state index contributed by atoms with van der Waals surface area (Å²) in [6, 6.07) is 6.65.